The molecule has 2 rings (SSSR count). The number of benzene rings is 1. The van der Waals surface area contributed by atoms with Crippen molar-refractivity contribution in [1.29, 1.82) is 0 Å². The molecule has 4 nitrogen and oxygen atoms in total. The summed E-state index contributed by atoms with van der Waals surface area (Å²) >= 11 is 0. The Morgan fingerprint density at radius 2 is 1.94 bits per heavy atom. The second-order valence-corrected chi connectivity index (χ2v) is 4.70. The van der Waals surface area contributed by atoms with E-state index < -0.39 is 0 Å². The molecular weight excluding hydrogens is 228 g/mol. The van der Waals surface area contributed by atoms with Crippen LogP contribution in [-0.4, -0.2) is 12.3 Å². The third-order valence-electron chi connectivity index (χ3n) is 2.78. The monoisotopic (exact) mass is 246 g/mol. The van der Waals surface area contributed by atoms with Crippen molar-refractivity contribution < 1.29 is 9.26 Å². The van der Waals surface area contributed by atoms with E-state index >= 15 is 0 Å². The van der Waals surface area contributed by atoms with Crippen LogP contribution >= 0.6 is 0 Å². The second-order valence-electron chi connectivity index (χ2n) is 4.70. The van der Waals surface area contributed by atoms with Crippen LogP contribution in [0.25, 0.3) is 11.3 Å². The van der Waals surface area contributed by atoms with E-state index in [9.17, 15) is 0 Å². The third-order valence-corrected chi connectivity index (χ3v) is 2.78. The van der Waals surface area contributed by atoms with Gasteiger partial charge in [0, 0.05) is 11.1 Å². The van der Waals surface area contributed by atoms with E-state index in [4.69, 9.17) is 15.0 Å². The van der Waals surface area contributed by atoms with Crippen LogP contribution in [0.2, 0.25) is 0 Å². The summed E-state index contributed by atoms with van der Waals surface area (Å²) in [7, 11) is 1.64. The van der Waals surface area contributed by atoms with E-state index in [0.717, 1.165) is 29.1 Å². The van der Waals surface area contributed by atoms with Gasteiger partial charge >= 0.3 is 0 Å². The molecule has 0 aliphatic heterocycles. The summed E-state index contributed by atoms with van der Waals surface area (Å²) < 4.78 is 10.5. The average molecular weight is 246 g/mol. The molecule has 1 aromatic carbocycles. The number of nitrogens with two attached hydrogens (primary N) is 1. The molecule has 0 amide bonds. The van der Waals surface area contributed by atoms with E-state index in [1.165, 1.54) is 0 Å². The molecule has 96 valence electrons. The molecule has 0 saturated heterocycles. The highest BCUT2D eigenvalue weighted by Crippen LogP contribution is 2.30. The summed E-state index contributed by atoms with van der Waals surface area (Å²) in [6.07, 6.45) is 0.858. The Bertz CT molecular complexity index is 515. The lowest BCUT2D eigenvalue weighted by atomic mass is 10.00. The molecular formula is C14H18N2O2. The van der Waals surface area contributed by atoms with Gasteiger partial charge in [-0.1, -0.05) is 19.0 Å². The zero-order valence-electron chi connectivity index (χ0n) is 10.9. The van der Waals surface area contributed by atoms with Crippen LogP contribution < -0.4 is 10.5 Å². The first-order chi connectivity index (χ1) is 8.61. The van der Waals surface area contributed by atoms with Gasteiger partial charge in [0.2, 0.25) is 0 Å². The van der Waals surface area contributed by atoms with Gasteiger partial charge in [-0.3, -0.25) is 0 Å². The number of anilines is 1. The highest BCUT2D eigenvalue weighted by Gasteiger charge is 2.16. The first-order valence-corrected chi connectivity index (χ1v) is 6.00. The van der Waals surface area contributed by atoms with E-state index in [1.807, 2.05) is 24.3 Å². The van der Waals surface area contributed by atoms with Crippen LogP contribution in [0.5, 0.6) is 5.75 Å². The van der Waals surface area contributed by atoms with Crippen molar-refractivity contribution in [3.05, 3.63) is 29.8 Å². The summed E-state index contributed by atoms with van der Waals surface area (Å²) in [6.45, 7) is 4.29. The maximum Gasteiger partial charge on any atom is 0.172 e. The van der Waals surface area contributed by atoms with Crippen molar-refractivity contribution in [3.8, 4) is 17.1 Å². The van der Waals surface area contributed by atoms with Gasteiger partial charge in [-0.15, -0.1) is 0 Å². The second kappa shape index (κ2) is 5.12. The number of aromatic nitrogens is 1. The number of ether oxygens (including phenoxy) is 1. The third kappa shape index (κ3) is 2.47. The average Bonchev–Trinajstić information content (AvgIpc) is 2.71. The van der Waals surface area contributed by atoms with Gasteiger partial charge in [0.15, 0.2) is 11.6 Å². The summed E-state index contributed by atoms with van der Waals surface area (Å²) in [5.74, 6) is 2.55. The Hall–Kier alpha value is -1.97. The van der Waals surface area contributed by atoms with Crippen molar-refractivity contribution in [2.75, 3.05) is 12.8 Å². The van der Waals surface area contributed by atoms with E-state index in [0.29, 0.717) is 11.7 Å². The van der Waals surface area contributed by atoms with Crippen molar-refractivity contribution in [1.82, 2.24) is 5.16 Å². The number of nitrogens with zero attached hydrogens (tertiary/aromatic N) is 1. The number of hydrogen-bond donors (Lipinski definition) is 1. The highest BCUT2D eigenvalue weighted by atomic mass is 16.5. The molecule has 4 heteroatoms. The quantitative estimate of drug-likeness (QED) is 0.900. The topological polar surface area (TPSA) is 61.3 Å². The molecule has 0 unspecified atom stereocenters. The van der Waals surface area contributed by atoms with Gasteiger partial charge in [-0.05, 0) is 36.6 Å². The summed E-state index contributed by atoms with van der Waals surface area (Å²) in [5.41, 5.74) is 7.80. The molecule has 2 N–H and O–H groups in total. The largest absolute Gasteiger partial charge is 0.497 e. The van der Waals surface area contributed by atoms with Crippen LogP contribution in [0, 0.1) is 5.92 Å². The van der Waals surface area contributed by atoms with Gasteiger partial charge in [-0.25, -0.2) is 0 Å². The maximum absolute atomic E-state index is 5.85. The van der Waals surface area contributed by atoms with Crippen LogP contribution in [0.1, 0.15) is 19.4 Å². The molecule has 1 heterocycles. The first-order valence-electron chi connectivity index (χ1n) is 6.00. The molecule has 0 spiro atoms. The minimum absolute atomic E-state index is 0.481. The summed E-state index contributed by atoms with van der Waals surface area (Å²) in [6, 6.07) is 7.69. The number of methoxy groups -OCH3 is 1. The standard InChI is InChI=1S/C14H18N2O2/c1-9(2)8-12-13(18-16-14(12)15)10-4-6-11(17-3)7-5-10/h4-7,9H,8H2,1-3H3,(H2,15,16). The van der Waals surface area contributed by atoms with Gasteiger partial charge in [0.25, 0.3) is 0 Å². The number of hydrogen-bond acceptors (Lipinski definition) is 4. The van der Waals surface area contributed by atoms with E-state index in [1.54, 1.807) is 7.11 Å². The van der Waals surface area contributed by atoms with Gasteiger partial charge < -0.3 is 15.0 Å². The predicted octanol–water partition coefficient (Wildman–Crippen LogP) is 3.13. The molecule has 0 atom stereocenters. The molecule has 2 aromatic rings. The molecule has 0 saturated carbocycles. The summed E-state index contributed by atoms with van der Waals surface area (Å²) in [4.78, 5) is 0. The highest BCUT2D eigenvalue weighted by molar-refractivity contribution is 5.66. The Labute approximate surface area is 107 Å². The van der Waals surface area contributed by atoms with E-state index in [2.05, 4.69) is 19.0 Å². The Morgan fingerprint density at radius 3 is 2.50 bits per heavy atom. The van der Waals surface area contributed by atoms with Crippen molar-refractivity contribution in [2.45, 2.75) is 20.3 Å². The molecule has 0 aliphatic rings. The van der Waals surface area contributed by atoms with Crippen LogP contribution in [-0.2, 0) is 6.42 Å². The van der Waals surface area contributed by atoms with Crippen LogP contribution in [0.15, 0.2) is 28.8 Å². The first kappa shape index (κ1) is 12.5. The Kier molecular flexibility index (Phi) is 3.55. The fraction of sp³-hybridized carbons (Fsp3) is 0.357. The lowest BCUT2D eigenvalue weighted by molar-refractivity contribution is 0.414. The fourth-order valence-electron chi connectivity index (χ4n) is 1.90. The fourth-order valence-corrected chi connectivity index (χ4v) is 1.90. The molecule has 1 aromatic heterocycles. The summed E-state index contributed by atoms with van der Waals surface area (Å²) in [5, 5.41) is 3.86. The molecule has 0 fully saturated rings. The van der Waals surface area contributed by atoms with Crippen LogP contribution in [0.3, 0.4) is 0 Å². The molecule has 18 heavy (non-hydrogen) atoms. The van der Waals surface area contributed by atoms with Crippen LogP contribution in [0.4, 0.5) is 5.82 Å². The molecule has 0 radical (unpaired) electrons. The molecule has 0 bridgehead atoms. The predicted molar refractivity (Wildman–Crippen MR) is 71.4 cm³/mol. The van der Waals surface area contributed by atoms with Gasteiger partial charge in [0.1, 0.15) is 5.75 Å². The normalized spacial score (nSPS) is 10.9. The van der Waals surface area contributed by atoms with E-state index in [-0.39, 0.29) is 0 Å². The lowest BCUT2D eigenvalue weighted by Crippen LogP contribution is -1.98. The number of nitrogen functional groups attached to an aromatic ring is 1. The van der Waals surface area contributed by atoms with Gasteiger partial charge in [-0.2, -0.15) is 0 Å². The maximum atomic E-state index is 5.85. The Balaban J connectivity index is 2.37. The minimum Gasteiger partial charge on any atom is -0.497 e. The zero-order valence-corrected chi connectivity index (χ0v) is 10.9. The van der Waals surface area contributed by atoms with Crippen molar-refractivity contribution >= 4 is 5.82 Å². The Morgan fingerprint density at radius 1 is 1.28 bits per heavy atom. The zero-order chi connectivity index (χ0) is 13.1. The number of rotatable bonds is 4. The van der Waals surface area contributed by atoms with Gasteiger partial charge in [0.05, 0.1) is 7.11 Å². The van der Waals surface area contributed by atoms with Crippen molar-refractivity contribution in [3.63, 3.8) is 0 Å². The minimum atomic E-state index is 0.481. The lowest BCUT2D eigenvalue weighted by Gasteiger charge is -2.06. The van der Waals surface area contributed by atoms with Crippen molar-refractivity contribution in [2.24, 2.45) is 5.92 Å². The smallest absolute Gasteiger partial charge is 0.172 e. The SMILES string of the molecule is COc1ccc(-c2onc(N)c2CC(C)C)cc1. The molecule has 0 aliphatic carbocycles.